The fourth-order valence-corrected chi connectivity index (χ4v) is 5.22. The summed E-state index contributed by atoms with van der Waals surface area (Å²) in [5.41, 5.74) is 0.263. The van der Waals surface area contributed by atoms with Gasteiger partial charge < -0.3 is 5.32 Å². The maximum atomic E-state index is 11.9. The fourth-order valence-electron chi connectivity index (χ4n) is 3.65. The molecule has 0 saturated heterocycles. The molecule has 19 heavy (non-hydrogen) atoms. The van der Waals surface area contributed by atoms with Crippen LogP contribution in [0.15, 0.2) is 0 Å². The maximum Gasteiger partial charge on any atom is 0.150 e. The molecule has 2 aliphatic rings. The molecule has 0 bridgehead atoms. The molecule has 112 valence electrons. The van der Waals surface area contributed by atoms with E-state index in [0.717, 1.165) is 31.2 Å². The van der Waals surface area contributed by atoms with Crippen molar-refractivity contribution in [3.05, 3.63) is 0 Å². The van der Waals surface area contributed by atoms with E-state index in [1.807, 2.05) is 6.92 Å². The fraction of sp³-hybridized carbons (Fsp3) is 1.00. The summed E-state index contributed by atoms with van der Waals surface area (Å²) < 4.78 is 23.9. The van der Waals surface area contributed by atoms with E-state index in [-0.39, 0.29) is 5.41 Å². The molecule has 0 aromatic carbocycles. The van der Waals surface area contributed by atoms with Crippen LogP contribution in [0.2, 0.25) is 0 Å². The van der Waals surface area contributed by atoms with Crippen LogP contribution in [0.25, 0.3) is 0 Å². The van der Waals surface area contributed by atoms with Gasteiger partial charge in [0.25, 0.3) is 0 Å². The van der Waals surface area contributed by atoms with Gasteiger partial charge in [-0.05, 0) is 49.4 Å². The van der Waals surface area contributed by atoms with Crippen LogP contribution in [0.1, 0.15) is 52.9 Å². The molecule has 0 amide bonds. The van der Waals surface area contributed by atoms with Gasteiger partial charge in [-0.15, -0.1) is 0 Å². The van der Waals surface area contributed by atoms with Gasteiger partial charge in [-0.2, -0.15) is 0 Å². The zero-order chi connectivity index (χ0) is 14.1. The van der Waals surface area contributed by atoms with Gasteiger partial charge in [-0.25, -0.2) is 8.42 Å². The van der Waals surface area contributed by atoms with E-state index in [9.17, 15) is 8.42 Å². The third kappa shape index (κ3) is 4.19. The highest BCUT2D eigenvalue weighted by Gasteiger charge is 2.53. The second-order valence-corrected chi connectivity index (χ2v) is 9.41. The first-order valence-electron chi connectivity index (χ1n) is 7.80. The van der Waals surface area contributed by atoms with Gasteiger partial charge in [-0.1, -0.05) is 20.8 Å². The summed E-state index contributed by atoms with van der Waals surface area (Å²) in [6.45, 7) is 7.27. The Morgan fingerprint density at radius 3 is 2.37 bits per heavy atom. The van der Waals surface area contributed by atoms with Gasteiger partial charge in [0.2, 0.25) is 0 Å². The lowest BCUT2D eigenvalue weighted by Crippen LogP contribution is -2.38. The predicted octanol–water partition coefficient (Wildman–Crippen LogP) is 2.62. The van der Waals surface area contributed by atoms with Gasteiger partial charge >= 0.3 is 0 Å². The summed E-state index contributed by atoms with van der Waals surface area (Å²) in [4.78, 5) is 0. The van der Waals surface area contributed by atoms with Crippen molar-refractivity contribution in [3.8, 4) is 0 Å². The van der Waals surface area contributed by atoms with Gasteiger partial charge in [0.1, 0.15) is 9.84 Å². The van der Waals surface area contributed by atoms with Crippen LogP contribution >= 0.6 is 0 Å². The molecule has 0 heterocycles. The first-order chi connectivity index (χ1) is 8.86. The van der Waals surface area contributed by atoms with Crippen LogP contribution in [-0.2, 0) is 9.84 Å². The summed E-state index contributed by atoms with van der Waals surface area (Å²) in [5.74, 6) is 2.55. The lowest BCUT2D eigenvalue weighted by atomic mass is 9.80. The van der Waals surface area contributed by atoms with Crippen LogP contribution < -0.4 is 5.32 Å². The van der Waals surface area contributed by atoms with Crippen molar-refractivity contribution in [3.63, 3.8) is 0 Å². The molecule has 3 nitrogen and oxygen atoms in total. The highest BCUT2D eigenvalue weighted by molar-refractivity contribution is 7.91. The highest BCUT2D eigenvalue weighted by atomic mass is 32.2. The molecule has 2 saturated carbocycles. The molecule has 0 aromatic heterocycles. The standard InChI is InChI=1S/C15H29NO2S/c1-4-6-19(17,18)7-5-15(11-16-12(2)3)9-13-8-14(13)10-15/h12-14,16H,4-11H2,1-3H3. The second-order valence-electron chi connectivity index (χ2n) is 7.10. The Morgan fingerprint density at radius 2 is 1.84 bits per heavy atom. The Labute approximate surface area is 118 Å². The average molecular weight is 287 g/mol. The zero-order valence-corrected chi connectivity index (χ0v) is 13.4. The minimum atomic E-state index is -2.83. The summed E-state index contributed by atoms with van der Waals surface area (Å²) in [5, 5.41) is 3.54. The Kier molecular flexibility index (Phi) is 4.61. The molecule has 0 aliphatic heterocycles. The summed E-state index contributed by atoms with van der Waals surface area (Å²) in [6.07, 6.45) is 5.50. The van der Waals surface area contributed by atoms with Crippen LogP contribution in [0, 0.1) is 17.3 Å². The molecule has 2 atom stereocenters. The number of sulfone groups is 1. The minimum absolute atomic E-state index is 0.263. The summed E-state index contributed by atoms with van der Waals surface area (Å²) in [7, 11) is -2.83. The molecule has 2 rings (SSSR count). The molecule has 0 aromatic rings. The third-order valence-corrected chi connectivity index (χ3v) is 6.66. The lowest BCUT2D eigenvalue weighted by Gasteiger charge is -2.32. The van der Waals surface area contributed by atoms with Crippen LogP contribution in [0.4, 0.5) is 0 Å². The van der Waals surface area contributed by atoms with E-state index in [2.05, 4.69) is 19.2 Å². The SMILES string of the molecule is CCCS(=O)(=O)CCC1(CNC(C)C)CC2CC2C1. The average Bonchev–Trinajstić information content (AvgIpc) is 2.93. The molecule has 0 radical (unpaired) electrons. The molecule has 0 spiro atoms. The van der Waals surface area contributed by atoms with Crippen LogP contribution in [0.3, 0.4) is 0 Å². The van der Waals surface area contributed by atoms with Crippen molar-refractivity contribution < 1.29 is 8.42 Å². The molecule has 2 fully saturated rings. The Bertz CT molecular complexity index is 392. The van der Waals surface area contributed by atoms with Crippen molar-refractivity contribution in [2.75, 3.05) is 18.1 Å². The van der Waals surface area contributed by atoms with E-state index in [0.29, 0.717) is 17.5 Å². The van der Waals surface area contributed by atoms with E-state index >= 15 is 0 Å². The number of nitrogens with one attached hydrogen (secondary N) is 1. The van der Waals surface area contributed by atoms with Crippen molar-refractivity contribution >= 4 is 9.84 Å². The minimum Gasteiger partial charge on any atom is -0.314 e. The first kappa shape index (κ1) is 15.3. The van der Waals surface area contributed by atoms with Crippen molar-refractivity contribution in [1.82, 2.24) is 5.32 Å². The van der Waals surface area contributed by atoms with Gasteiger partial charge in [0, 0.05) is 18.3 Å². The second kappa shape index (κ2) is 5.72. The third-order valence-electron chi connectivity index (χ3n) is 4.80. The van der Waals surface area contributed by atoms with Crippen LogP contribution in [-0.4, -0.2) is 32.5 Å². The Balaban J connectivity index is 1.91. The normalized spacial score (nSPS) is 33.7. The number of rotatable bonds is 8. The molecule has 2 unspecified atom stereocenters. The highest BCUT2D eigenvalue weighted by Crippen LogP contribution is 2.60. The van der Waals surface area contributed by atoms with Crippen LogP contribution in [0.5, 0.6) is 0 Å². The molecule has 4 heteroatoms. The largest absolute Gasteiger partial charge is 0.314 e. The zero-order valence-electron chi connectivity index (χ0n) is 12.6. The van der Waals surface area contributed by atoms with Crippen molar-refractivity contribution in [2.45, 2.75) is 58.9 Å². The first-order valence-corrected chi connectivity index (χ1v) is 9.62. The molecular formula is C15H29NO2S. The Hall–Kier alpha value is -0.0900. The van der Waals surface area contributed by atoms with Gasteiger partial charge in [-0.3, -0.25) is 0 Å². The van der Waals surface area contributed by atoms with Crippen molar-refractivity contribution in [1.29, 1.82) is 0 Å². The van der Waals surface area contributed by atoms with Gasteiger partial charge in [0.05, 0.1) is 5.75 Å². The summed E-state index contributed by atoms with van der Waals surface area (Å²) in [6, 6.07) is 0.487. The maximum absolute atomic E-state index is 11.9. The van der Waals surface area contributed by atoms with E-state index in [1.165, 1.54) is 19.3 Å². The number of hydrogen-bond donors (Lipinski definition) is 1. The summed E-state index contributed by atoms with van der Waals surface area (Å²) >= 11 is 0. The molecule has 2 aliphatic carbocycles. The van der Waals surface area contributed by atoms with Gasteiger partial charge in [0.15, 0.2) is 0 Å². The van der Waals surface area contributed by atoms with E-state index in [4.69, 9.17) is 0 Å². The topological polar surface area (TPSA) is 46.2 Å². The Morgan fingerprint density at radius 1 is 1.21 bits per heavy atom. The number of hydrogen-bond acceptors (Lipinski definition) is 3. The molecular weight excluding hydrogens is 258 g/mol. The quantitative estimate of drug-likeness (QED) is 0.746. The smallest absolute Gasteiger partial charge is 0.150 e. The van der Waals surface area contributed by atoms with E-state index < -0.39 is 9.84 Å². The number of fused-ring (bicyclic) bond motifs is 1. The van der Waals surface area contributed by atoms with E-state index in [1.54, 1.807) is 0 Å². The predicted molar refractivity (Wildman–Crippen MR) is 80.0 cm³/mol. The lowest BCUT2D eigenvalue weighted by molar-refractivity contribution is 0.235. The van der Waals surface area contributed by atoms with Crippen molar-refractivity contribution in [2.24, 2.45) is 17.3 Å². The molecule has 1 N–H and O–H groups in total. The monoisotopic (exact) mass is 287 g/mol.